The topological polar surface area (TPSA) is 165 Å². The van der Waals surface area contributed by atoms with Gasteiger partial charge in [0.1, 0.15) is 11.6 Å². The van der Waals surface area contributed by atoms with E-state index in [1.54, 1.807) is 18.2 Å². The molecule has 1 fully saturated rings. The van der Waals surface area contributed by atoms with Crippen LogP contribution in [0.25, 0.3) is 10.9 Å². The Hall–Kier alpha value is -3.04. The summed E-state index contributed by atoms with van der Waals surface area (Å²) in [6.07, 6.45) is -0.270. The third kappa shape index (κ3) is 5.59. The van der Waals surface area contributed by atoms with Crippen LogP contribution < -0.4 is 10.6 Å². The van der Waals surface area contributed by atoms with Crippen molar-refractivity contribution in [3.8, 4) is 0 Å². The fourth-order valence-electron chi connectivity index (χ4n) is 5.03. The molecule has 2 aliphatic rings. The molecule has 0 aliphatic carbocycles. The van der Waals surface area contributed by atoms with Gasteiger partial charge in [-0.2, -0.15) is 4.31 Å². The Morgan fingerprint density at radius 1 is 1.23 bits per heavy atom. The Labute approximate surface area is 239 Å². The number of rotatable bonds is 7. The molecule has 214 valence electrons. The maximum absolute atomic E-state index is 13.7. The third-order valence-electron chi connectivity index (χ3n) is 7.42. The lowest BCUT2D eigenvalue weighted by atomic mass is 9.95. The third-order valence-corrected chi connectivity index (χ3v) is 10.5. The number of sulfonamides is 1. The van der Waals surface area contributed by atoms with E-state index < -0.39 is 34.5 Å². The van der Waals surface area contributed by atoms with Crippen LogP contribution in [0.1, 0.15) is 46.6 Å². The number of hydrogen-bond donors (Lipinski definition) is 4. The zero-order valence-corrected chi connectivity index (χ0v) is 24.2. The lowest BCUT2D eigenvalue weighted by Gasteiger charge is -2.40. The highest BCUT2D eigenvalue weighted by Gasteiger charge is 2.39. The number of H-pyrrole nitrogens is 1. The van der Waals surface area contributed by atoms with Crippen molar-refractivity contribution < 1.29 is 27.9 Å². The lowest BCUT2D eigenvalue weighted by Crippen LogP contribution is -2.57. The Bertz CT molecular complexity index is 1590. The minimum absolute atomic E-state index is 0.0114. The van der Waals surface area contributed by atoms with Gasteiger partial charge in [-0.3, -0.25) is 14.4 Å². The minimum Gasteiger partial charge on any atom is -0.480 e. The molecule has 12 nitrogen and oxygen atoms in total. The standard InChI is InChI=1S/C25H29ClN6O6S2/c1-13-14(2)27-10-19-23(13)30-24(39-19)25(36)32-6-5-31(12-17(32)9-20(33)28-11-22(34)35)40(37,38)21-8-15-7-16(26)3-4-18(15)29-21/h3-4,7-8,13-14,17,27,29H,5-6,9-12H2,1-2H3,(H,28,33)(H,34,35). The Kier molecular flexibility index (Phi) is 7.90. The van der Waals surface area contributed by atoms with Gasteiger partial charge in [0.05, 0.1) is 11.7 Å². The van der Waals surface area contributed by atoms with E-state index in [9.17, 15) is 22.8 Å². The molecule has 5 rings (SSSR count). The van der Waals surface area contributed by atoms with Crippen LogP contribution in [0.2, 0.25) is 5.02 Å². The summed E-state index contributed by atoms with van der Waals surface area (Å²) in [4.78, 5) is 47.2. The monoisotopic (exact) mass is 608 g/mol. The molecule has 3 unspecified atom stereocenters. The Morgan fingerprint density at radius 3 is 2.75 bits per heavy atom. The Balaban J connectivity index is 1.41. The molecular formula is C25H29ClN6O6S2. The van der Waals surface area contributed by atoms with Crippen molar-refractivity contribution in [1.29, 1.82) is 0 Å². The van der Waals surface area contributed by atoms with Crippen LogP contribution >= 0.6 is 22.9 Å². The van der Waals surface area contributed by atoms with Gasteiger partial charge in [0.2, 0.25) is 5.91 Å². The summed E-state index contributed by atoms with van der Waals surface area (Å²) in [6.45, 7) is 4.02. The van der Waals surface area contributed by atoms with Crippen LogP contribution in [0, 0.1) is 0 Å². The molecule has 4 N–H and O–H groups in total. The van der Waals surface area contributed by atoms with E-state index >= 15 is 0 Å². The fraction of sp³-hybridized carbons (Fsp3) is 0.440. The van der Waals surface area contributed by atoms with Crippen LogP contribution in [0.15, 0.2) is 29.3 Å². The SMILES string of the molecule is CC1NCc2sc(C(=O)N3CCN(S(=O)(=O)c4cc5cc(Cl)ccc5[nH]4)CC3CC(=O)NCC(=O)O)nc2C1C. The number of carbonyl (C=O) groups is 3. The van der Waals surface area contributed by atoms with Crippen molar-refractivity contribution in [2.75, 3.05) is 26.2 Å². The molecule has 0 bridgehead atoms. The first-order valence-corrected chi connectivity index (χ1v) is 15.4. The highest BCUT2D eigenvalue weighted by atomic mass is 35.5. The number of hydrogen-bond acceptors (Lipinski definition) is 8. The first-order chi connectivity index (χ1) is 18.9. The molecule has 40 heavy (non-hydrogen) atoms. The quantitative estimate of drug-likeness (QED) is 0.316. The summed E-state index contributed by atoms with van der Waals surface area (Å²) < 4.78 is 28.4. The van der Waals surface area contributed by atoms with Crippen molar-refractivity contribution in [2.24, 2.45) is 0 Å². The predicted molar refractivity (Wildman–Crippen MR) is 149 cm³/mol. The van der Waals surface area contributed by atoms with Gasteiger partial charge in [-0.05, 0) is 31.2 Å². The zero-order valence-electron chi connectivity index (χ0n) is 21.8. The van der Waals surface area contributed by atoms with Gasteiger partial charge < -0.3 is 25.6 Å². The maximum Gasteiger partial charge on any atom is 0.322 e. The number of carboxylic acid groups (broad SMARTS) is 1. The van der Waals surface area contributed by atoms with Crippen molar-refractivity contribution in [3.05, 3.63) is 44.9 Å². The molecule has 15 heteroatoms. The highest BCUT2D eigenvalue weighted by molar-refractivity contribution is 7.89. The number of thiazole rings is 1. The lowest BCUT2D eigenvalue weighted by molar-refractivity contribution is -0.138. The fourth-order valence-corrected chi connectivity index (χ4v) is 7.77. The molecule has 1 aromatic carbocycles. The first kappa shape index (κ1) is 28.5. The molecule has 4 heterocycles. The number of nitrogens with one attached hydrogen (secondary N) is 3. The molecular weight excluding hydrogens is 580 g/mol. The van der Waals surface area contributed by atoms with Gasteiger partial charge >= 0.3 is 5.97 Å². The molecule has 3 aromatic rings. The number of nitrogens with zero attached hydrogens (tertiary/aromatic N) is 3. The average Bonchev–Trinajstić information content (AvgIpc) is 3.54. The van der Waals surface area contributed by atoms with E-state index in [0.29, 0.717) is 22.5 Å². The van der Waals surface area contributed by atoms with Crippen molar-refractivity contribution >= 4 is 61.6 Å². The van der Waals surface area contributed by atoms with Crippen LogP contribution in [0.4, 0.5) is 0 Å². The second kappa shape index (κ2) is 11.1. The number of fused-ring (bicyclic) bond motifs is 2. The van der Waals surface area contributed by atoms with Gasteiger partial charge in [0, 0.05) is 65.4 Å². The normalized spacial score (nSPS) is 21.8. The van der Waals surface area contributed by atoms with E-state index in [2.05, 4.69) is 27.5 Å². The molecule has 0 saturated carbocycles. The van der Waals surface area contributed by atoms with Crippen LogP contribution in [0.3, 0.4) is 0 Å². The number of carbonyl (C=O) groups excluding carboxylic acids is 2. The summed E-state index contributed by atoms with van der Waals surface area (Å²) in [6, 6.07) is 5.87. The second-order valence-electron chi connectivity index (χ2n) is 10.0. The molecule has 0 spiro atoms. The summed E-state index contributed by atoms with van der Waals surface area (Å²) in [5.74, 6) is -2.08. The van der Waals surface area contributed by atoms with E-state index in [1.807, 2.05) is 6.92 Å². The van der Waals surface area contributed by atoms with Crippen molar-refractivity contribution in [3.63, 3.8) is 0 Å². The number of carboxylic acids is 1. The van der Waals surface area contributed by atoms with Gasteiger partial charge in [-0.1, -0.05) is 18.5 Å². The predicted octanol–water partition coefficient (Wildman–Crippen LogP) is 1.98. The molecule has 2 aliphatic heterocycles. The minimum atomic E-state index is -4.01. The summed E-state index contributed by atoms with van der Waals surface area (Å²) in [5.41, 5.74) is 1.47. The van der Waals surface area contributed by atoms with Gasteiger partial charge in [-0.25, -0.2) is 13.4 Å². The molecule has 2 amide bonds. The smallest absolute Gasteiger partial charge is 0.322 e. The Morgan fingerprint density at radius 2 is 2.00 bits per heavy atom. The summed E-state index contributed by atoms with van der Waals surface area (Å²) >= 11 is 7.35. The van der Waals surface area contributed by atoms with E-state index in [-0.39, 0.29) is 54.0 Å². The van der Waals surface area contributed by atoms with Crippen LogP contribution in [-0.4, -0.2) is 88.7 Å². The van der Waals surface area contributed by atoms with Gasteiger partial charge in [-0.15, -0.1) is 11.3 Å². The van der Waals surface area contributed by atoms with Gasteiger partial charge in [0.15, 0.2) is 5.01 Å². The maximum atomic E-state index is 13.7. The number of aromatic amines is 1. The number of piperazine rings is 1. The molecule has 0 radical (unpaired) electrons. The number of amides is 2. The van der Waals surface area contributed by atoms with Crippen molar-refractivity contribution in [1.82, 2.24) is 29.8 Å². The number of benzene rings is 1. The number of aliphatic carboxylic acids is 1. The summed E-state index contributed by atoms with van der Waals surface area (Å²) in [7, 11) is -4.01. The first-order valence-electron chi connectivity index (χ1n) is 12.7. The second-order valence-corrected chi connectivity index (χ2v) is 13.5. The molecule has 2 aromatic heterocycles. The zero-order chi connectivity index (χ0) is 28.8. The van der Waals surface area contributed by atoms with E-state index in [1.165, 1.54) is 26.6 Å². The number of aromatic nitrogens is 2. The molecule has 3 atom stereocenters. The largest absolute Gasteiger partial charge is 0.480 e. The average molecular weight is 609 g/mol. The van der Waals surface area contributed by atoms with E-state index in [4.69, 9.17) is 16.7 Å². The van der Waals surface area contributed by atoms with Crippen LogP contribution in [-0.2, 0) is 26.2 Å². The van der Waals surface area contributed by atoms with Gasteiger partial charge in [0.25, 0.3) is 15.9 Å². The highest BCUT2D eigenvalue weighted by Crippen LogP contribution is 2.33. The van der Waals surface area contributed by atoms with E-state index in [0.717, 1.165) is 10.6 Å². The van der Waals surface area contributed by atoms with Crippen molar-refractivity contribution in [2.45, 2.75) is 49.8 Å². The molecule has 1 saturated heterocycles. The van der Waals surface area contributed by atoms with Crippen LogP contribution in [0.5, 0.6) is 0 Å². The number of halogens is 1. The summed E-state index contributed by atoms with van der Waals surface area (Å²) in [5, 5.41) is 16.0.